The van der Waals surface area contributed by atoms with E-state index in [4.69, 9.17) is 0 Å². The summed E-state index contributed by atoms with van der Waals surface area (Å²) < 4.78 is 1.33. The Bertz CT molecular complexity index is 707. The van der Waals surface area contributed by atoms with Crippen molar-refractivity contribution in [1.82, 2.24) is 19.4 Å². The van der Waals surface area contributed by atoms with Crippen molar-refractivity contribution in [3.05, 3.63) is 33.1 Å². The van der Waals surface area contributed by atoms with Gasteiger partial charge in [0.1, 0.15) is 0 Å². The average Bonchev–Trinajstić information content (AvgIpc) is 3.24. The molecule has 25 heavy (non-hydrogen) atoms. The van der Waals surface area contributed by atoms with E-state index >= 15 is 0 Å². The summed E-state index contributed by atoms with van der Waals surface area (Å²) in [4.78, 5) is 41.6. The molecule has 2 fully saturated rings. The number of carbonyl (C=O) groups is 1. The van der Waals surface area contributed by atoms with E-state index in [1.165, 1.54) is 29.7 Å². The lowest BCUT2D eigenvalue weighted by molar-refractivity contribution is -0.130. The van der Waals surface area contributed by atoms with Crippen LogP contribution in [0.1, 0.15) is 19.3 Å². The van der Waals surface area contributed by atoms with Gasteiger partial charge >= 0.3 is 5.69 Å². The molecule has 2 saturated heterocycles. The monoisotopic (exact) mass is 350 g/mol. The summed E-state index contributed by atoms with van der Waals surface area (Å²) in [6.45, 7) is 4.74. The molecule has 0 spiro atoms. The molecule has 2 atom stereocenters. The van der Waals surface area contributed by atoms with Gasteiger partial charge in [0.15, 0.2) is 0 Å². The second kappa shape index (κ2) is 7.97. The fourth-order valence-corrected chi connectivity index (χ4v) is 3.85. The Labute approximate surface area is 146 Å². The Kier molecular flexibility index (Phi) is 5.70. The summed E-state index contributed by atoms with van der Waals surface area (Å²) >= 11 is 0. The molecule has 1 aromatic rings. The minimum Gasteiger partial charge on any atom is -0.396 e. The Balaban J connectivity index is 1.54. The van der Waals surface area contributed by atoms with E-state index in [1.54, 1.807) is 4.90 Å². The van der Waals surface area contributed by atoms with Crippen LogP contribution in [0.4, 0.5) is 0 Å². The molecule has 1 amide bonds. The highest BCUT2D eigenvalue weighted by molar-refractivity contribution is 5.76. The number of hydrogen-bond acceptors (Lipinski definition) is 5. The van der Waals surface area contributed by atoms with Gasteiger partial charge in [-0.2, -0.15) is 0 Å². The Morgan fingerprint density at radius 1 is 1.20 bits per heavy atom. The van der Waals surface area contributed by atoms with Crippen molar-refractivity contribution in [3.63, 3.8) is 0 Å². The first-order chi connectivity index (χ1) is 12.1. The van der Waals surface area contributed by atoms with Crippen LogP contribution in [-0.2, 0) is 11.3 Å². The number of amides is 1. The number of aromatic amines is 1. The topological polar surface area (TPSA) is 98.6 Å². The van der Waals surface area contributed by atoms with Crippen LogP contribution in [-0.4, -0.2) is 69.7 Å². The average molecular weight is 350 g/mol. The first-order valence-electron chi connectivity index (χ1n) is 8.97. The normalized spacial score (nSPS) is 24.1. The summed E-state index contributed by atoms with van der Waals surface area (Å²) in [7, 11) is 0. The van der Waals surface area contributed by atoms with Gasteiger partial charge in [0.25, 0.3) is 5.56 Å². The molecule has 8 nitrogen and oxygen atoms in total. The Hall–Kier alpha value is -1.93. The summed E-state index contributed by atoms with van der Waals surface area (Å²) in [5.41, 5.74) is -0.940. The minimum atomic E-state index is -0.498. The lowest BCUT2D eigenvalue weighted by Gasteiger charge is -2.22. The van der Waals surface area contributed by atoms with Crippen molar-refractivity contribution in [3.8, 4) is 0 Å². The first-order valence-corrected chi connectivity index (χ1v) is 8.97. The van der Waals surface area contributed by atoms with Crippen molar-refractivity contribution >= 4 is 5.91 Å². The number of H-pyrrole nitrogens is 1. The molecule has 138 valence electrons. The number of rotatable bonds is 6. The number of aromatic nitrogens is 2. The van der Waals surface area contributed by atoms with E-state index < -0.39 is 11.2 Å². The Morgan fingerprint density at radius 2 is 1.92 bits per heavy atom. The summed E-state index contributed by atoms with van der Waals surface area (Å²) in [5, 5.41) is 9.64. The van der Waals surface area contributed by atoms with Gasteiger partial charge in [-0.25, -0.2) is 4.79 Å². The predicted molar refractivity (Wildman–Crippen MR) is 92.3 cm³/mol. The molecule has 3 rings (SSSR count). The summed E-state index contributed by atoms with van der Waals surface area (Å²) in [6, 6.07) is 1.27. The van der Waals surface area contributed by atoms with Gasteiger partial charge in [0, 0.05) is 57.4 Å². The molecule has 2 N–H and O–H groups in total. The number of carbonyl (C=O) groups excluding carboxylic acids is 1. The molecule has 0 bridgehead atoms. The number of nitrogens with one attached hydrogen (secondary N) is 1. The molecule has 0 aliphatic carbocycles. The second-order valence-electron chi connectivity index (χ2n) is 7.06. The van der Waals surface area contributed by atoms with E-state index in [0.717, 1.165) is 19.6 Å². The smallest absolute Gasteiger partial charge is 0.328 e. The molecule has 0 radical (unpaired) electrons. The number of aryl methyl sites for hydroxylation is 1. The van der Waals surface area contributed by atoms with Crippen LogP contribution in [0.5, 0.6) is 0 Å². The maximum Gasteiger partial charge on any atom is 0.328 e. The van der Waals surface area contributed by atoms with Gasteiger partial charge in [-0.1, -0.05) is 0 Å². The minimum absolute atomic E-state index is 0.0135. The number of likely N-dealkylation sites (tertiary alicyclic amines) is 2. The molecule has 3 heterocycles. The fourth-order valence-electron chi connectivity index (χ4n) is 3.85. The molecule has 0 unspecified atom stereocenters. The largest absolute Gasteiger partial charge is 0.396 e. The molecule has 2 aliphatic rings. The van der Waals surface area contributed by atoms with Gasteiger partial charge in [-0.05, 0) is 31.8 Å². The van der Waals surface area contributed by atoms with Gasteiger partial charge < -0.3 is 19.5 Å². The second-order valence-corrected chi connectivity index (χ2v) is 7.06. The zero-order valence-corrected chi connectivity index (χ0v) is 14.4. The van der Waals surface area contributed by atoms with Crippen molar-refractivity contribution in [2.75, 3.05) is 39.3 Å². The maximum atomic E-state index is 12.5. The molecule has 0 saturated carbocycles. The van der Waals surface area contributed by atoms with E-state index in [1.807, 2.05) is 0 Å². The molecule has 2 aliphatic heterocycles. The van der Waals surface area contributed by atoms with Crippen LogP contribution in [0.2, 0.25) is 0 Å². The standard InChI is InChI=1S/C17H26N4O4/c22-12-14-11-21(10-13(14)9-19-5-1-2-6-19)16(24)4-8-20-7-3-15(23)18-17(20)25/h3,7,13-14,22H,1-2,4-6,8-12H2,(H,18,23,25)/t13-,14-/m1/s1. The first kappa shape index (κ1) is 17.9. The third-order valence-corrected chi connectivity index (χ3v) is 5.32. The highest BCUT2D eigenvalue weighted by atomic mass is 16.3. The maximum absolute atomic E-state index is 12.5. The SMILES string of the molecule is O=C(CCn1ccc(=O)[nH]c1=O)N1C[C@@H](CN2CCCC2)[C@@H](CO)C1. The fraction of sp³-hybridized carbons (Fsp3) is 0.706. The zero-order chi connectivity index (χ0) is 17.8. The van der Waals surface area contributed by atoms with E-state index in [-0.39, 0.29) is 31.4 Å². The van der Waals surface area contributed by atoms with Crippen LogP contribution < -0.4 is 11.2 Å². The number of hydrogen-bond donors (Lipinski definition) is 2. The van der Waals surface area contributed by atoms with Gasteiger partial charge in [-0.15, -0.1) is 0 Å². The summed E-state index contributed by atoms with van der Waals surface area (Å²) in [6.07, 6.45) is 4.08. The van der Waals surface area contributed by atoms with Crippen LogP contribution in [0.15, 0.2) is 21.9 Å². The molecule has 1 aromatic heterocycles. The molecular weight excluding hydrogens is 324 g/mol. The van der Waals surface area contributed by atoms with Crippen molar-refractivity contribution in [2.45, 2.75) is 25.8 Å². The number of aliphatic hydroxyl groups is 1. The lowest BCUT2D eigenvalue weighted by Crippen LogP contribution is -2.34. The molecular formula is C17H26N4O4. The van der Waals surface area contributed by atoms with Crippen molar-refractivity contribution in [1.29, 1.82) is 0 Å². The number of aliphatic hydroxyl groups excluding tert-OH is 1. The van der Waals surface area contributed by atoms with Gasteiger partial charge in [0.2, 0.25) is 5.91 Å². The van der Waals surface area contributed by atoms with E-state index in [9.17, 15) is 19.5 Å². The third-order valence-electron chi connectivity index (χ3n) is 5.32. The highest BCUT2D eigenvalue weighted by Crippen LogP contribution is 2.26. The van der Waals surface area contributed by atoms with Crippen molar-refractivity contribution in [2.24, 2.45) is 11.8 Å². The quantitative estimate of drug-likeness (QED) is 0.692. The van der Waals surface area contributed by atoms with E-state index in [0.29, 0.717) is 19.0 Å². The number of nitrogens with zero attached hydrogens (tertiary/aromatic N) is 3. The Morgan fingerprint density at radius 3 is 2.60 bits per heavy atom. The third kappa shape index (κ3) is 4.38. The molecule has 8 heteroatoms. The van der Waals surface area contributed by atoms with Gasteiger partial charge in [-0.3, -0.25) is 14.6 Å². The summed E-state index contributed by atoms with van der Waals surface area (Å²) in [5.74, 6) is 0.420. The van der Waals surface area contributed by atoms with Crippen LogP contribution in [0.3, 0.4) is 0 Å². The van der Waals surface area contributed by atoms with E-state index in [2.05, 4.69) is 9.88 Å². The van der Waals surface area contributed by atoms with Crippen LogP contribution in [0, 0.1) is 11.8 Å². The molecule has 0 aromatic carbocycles. The van der Waals surface area contributed by atoms with Crippen LogP contribution in [0.25, 0.3) is 0 Å². The lowest BCUT2D eigenvalue weighted by atomic mass is 9.96. The zero-order valence-electron chi connectivity index (χ0n) is 14.4. The van der Waals surface area contributed by atoms with Gasteiger partial charge in [0.05, 0.1) is 0 Å². The highest BCUT2D eigenvalue weighted by Gasteiger charge is 2.35. The van der Waals surface area contributed by atoms with Crippen molar-refractivity contribution < 1.29 is 9.90 Å². The predicted octanol–water partition coefficient (Wildman–Crippen LogP) is -0.911. The van der Waals surface area contributed by atoms with Crippen LogP contribution >= 0.6 is 0 Å².